The van der Waals surface area contributed by atoms with Crippen molar-refractivity contribution in [2.45, 2.75) is 32.2 Å². The summed E-state index contributed by atoms with van der Waals surface area (Å²) in [6.45, 7) is 4.73. The first-order valence-electron chi connectivity index (χ1n) is 8.68. The number of amides is 1. The first-order chi connectivity index (χ1) is 11.6. The van der Waals surface area contributed by atoms with Crippen molar-refractivity contribution in [3.63, 3.8) is 0 Å². The lowest BCUT2D eigenvalue weighted by Crippen LogP contribution is -2.47. The molecule has 1 aliphatic rings. The largest absolute Gasteiger partial charge is 0.348 e. The minimum Gasteiger partial charge on any atom is -0.348 e. The van der Waals surface area contributed by atoms with Crippen LogP contribution in [0.15, 0.2) is 36.7 Å². The van der Waals surface area contributed by atoms with Crippen molar-refractivity contribution in [2.75, 3.05) is 26.7 Å². The number of rotatable bonds is 5. The van der Waals surface area contributed by atoms with Crippen LogP contribution in [-0.2, 0) is 6.42 Å². The molecule has 1 amide bonds. The number of benzene rings is 1. The average molecular weight is 326 g/mol. The van der Waals surface area contributed by atoms with Crippen LogP contribution in [0.3, 0.4) is 0 Å². The topological polar surface area (TPSA) is 52.2 Å². The van der Waals surface area contributed by atoms with Gasteiger partial charge in [-0.25, -0.2) is 4.98 Å². The Bertz CT molecular complexity index is 659. The molecule has 0 aliphatic carbocycles. The zero-order valence-corrected chi connectivity index (χ0v) is 14.5. The molecule has 2 aromatic rings. The number of aryl methyl sites for hydroxylation is 1. The summed E-state index contributed by atoms with van der Waals surface area (Å²) >= 11 is 0. The Hall–Kier alpha value is -2.14. The molecule has 128 valence electrons. The van der Waals surface area contributed by atoms with E-state index in [1.165, 1.54) is 5.56 Å². The van der Waals surface area contributed by atoms with E-state index in [1.54, 1.807) is 6.33 Å². The second-order valence-corrected chi connectivity index (χ2v) is 6.64. The van der Waals surface area contributed by atoms with Gasteiger partial charge in [-0.1, -0.05) is 30.3 Å². The van der Waals surface area contributed by atoms with Crippen molar-refractivity contribution >= 4 is 5.91 Å². The summed E-state index contributed by atoms with van der Waals surface area (Å²) in [6, 6.07) is 10.7. The van der Waals surface area contributed by atoms with Crippen LogP contribution in [0.2, 0.25) is 0 Å². The standard InChI is InChI=1S/C19H26N4O/c1-15-18(21-14-20-15)19(24)23(17-9-11-22(2)12-10-17)13-8-16-6-4-3-5-7-16/h3-7,14,17H,8-13H2,1-2H3,(H,20,21). The highest BCUT2D eigenvalue weighted by Crippen LogP contribution is 2.19. The maximum absolute atomic E-state index is 13.1. The van der Waals surface area contributed by atoms with Gasteiger partial charge in [0.15, 0.2) is 0 Å². The Labute approximate surface area is 143 Å². The molecule has 1 aliphatic heterocycles. The minimum absolute atomic E-state index is 0.0548. The van der Waals surface area contributed by atoms with Gasteiger partial charge in [0.05, 0.1) is 6.33 Å². The molecule has 0 saturated carbocycles. The van der Waals surface area contributed by atoms with E-state index in [4.69, 9.17) is 0 Å². The van der Waals surface area contributed by atoms with E-state index in [2.05, 4.69) is 46.2 Å². The number of nitrogens with one attached hydrogen (secondary N) is 1. The molecular formula is C19H26N4O. The molecule has 2 heterocycles. The predicted molar refractivity (Wildman–Crippen MR) is 95.0 cm³/mol. The Balaban J connectivity index is 1.75. The molecule has 0 unspecified atom stereocenters. The third kappa shape index (κ3) is 3.85. The molecule has 0 atom stereocenters. The third-order valence-corrected chi connectivity index (χ3v) is 4.91. The molecule has 0 bridgehead atoms. The normalized spacial score (nSPS) is 16.2. The van der Waals surface area contributed by atoms with Crippen molar-refractivity contribution in [2.24, 2.45) is 0 Å². The van der Waals surface area contributed by atoms with Gasteiger partial charge in [0, 0.05) is 18.3 Å². The number of H-pyrrole nitrogens is 1. The molecule has 0 radical (unpaired) electrons. The monoisotopic (exact) mass is 326 g/mol. The fraction of sp³-hybridized carbons (Fsp3) is 0.474. The van der Waals surface area contributed by atoms with Crippen LogP contribution in [0.1, 0.15) is 34.6 Å². The van der Waals surface area contributed by atoms with Crippen molar-refractivity contribution in [3.8, 4) is 0 Å². The van der Waals surface area contributed by atoms with Gasteiger partial charge < -0.3 is 14.8 Å². The van der Waals surface area contributed by atoms with Crippen LogP contribution < -0.4 is 0 Å². The Morgan fingerprint density at radius 2 is 2.00 bits per heavy atom. The van der Waals surface area contributed by atoms with E-state index in [0.717, 1.165) is 44.6 Å². The lowest BCUT2D eigenvalue weighted by atomic mass is 10.0. The van der Waals surface area contributed by atoms with Gasteiger partial charge in [0.2, 0.25) is 0 Å². The number of imidazole rings is 1. The van der Waals surface area contributed by atoms with Crippen LogP contribution in [-0.4, -0.2) is 58.4 Å². The summed E-state index contributed by atoms with van der Waals surface area (Å²) < 4.78 is 0. The molecule has 5 nitrogen and oxygen atoms in total. The summed E-state index contributed by atoms with van der Waals surface area (Å²) in [5.74, 6) is 0.0548. The van der Waals surface area contributed by atoms with Gasteiger partial charge in [-0.15, -0.1) is 0 Å². The summed E-state index contributed by atoms with van der Waals surface area (Å²) in [6.07, 6.45) is 4.54. The van der Waals surface area contributed by atoms with Gasteiger partial charge in [-0.3, -0.25) is 4.79 Å². The molecular weight excluding hydrogens is 300 g/mol. The van der Waals surface area contributed by atoms with Crippen LogP contribution in [0, 0.1) is 6.92 Å². The number of carbonyl (C=O) groups excluding carboxylic acids is 1. The first kappa shape index (κ1) is 16.7. The Morgan fingerprint density at radius 1 is 1.29 bits per heavy atom. The van der Waals surface area contributed by atoms with Crippen LogP contribution >= 0.6 is 0 Å². The highest BCUT2D eigenvalue weighted by molar-refractivity contribution is 5.93. The molecule has 1 N–H and O–H groups in total. The highest BCUT2D eigenvalue weighted by atomic mass is 16.2. The predicted octanol–water partition coefficient (Wildman–Crippen LogP) is 2.50. The van der Waals surface area contributed by atoms with Gasteiger partial charge in [0.1, 0.15) is 5.69 Å². The summed E-state index contributed by atoms with van der Waals surface area (Å²) in [7, 11) is 2.14. The van der Waals surface area contributed by atoms with E-state index in [9.17, 15) is 4.79 Å². The van der Waals surface area contributed by atoms with Gasteiger partial charge in [0.25, 0.3) is 5.91 Å². The van der Waals surface area contributed by atoms with Crippen molar-refractivity contribution in [1.82, 2.24) is 19.8 Å². The highest BCUT2D eigenvalue weighted by Gasteiger charge is 2.29. The fourth-order valence-corrected chi connectivity index (χ4v) is 3.36. The quantitative estimate of drug-likeness (QED) is 0.918. The molecule has 24 heavy (non-hydrogen) atoms. The molecule has 0 spiro atoms. The number of nitrogens with zero attached hydrogens (tertiary/aromatic N) is 3. The van der Waals surface area contributed by atoms with E-state index in [0.29, 0.717) is 11.7 Å². The SMILES string of the molecule is Cc1[nH]cnc1C(=O)N(CCc1ccccc1)C1CCN(C)CC1. The summed E-state index contributed by atoms with van der Waals surface area (Å²) in [5, 5.41) is 0. The number of hydrogen-bond donors (Lipinski definition) is 1. The molecule has 1 aromatic heterocycles. The first-order valence-corrected chi connectivity index (χ1v) is 8.68. The van der Waals surface area contributed by atoms with Crippen LogP contribution in [0.4, 0.5) is 0 Å². The van der Waals surface area contributed by atoms with Gasteiger partial charge in [-0.2, -0.15) is 0 Å². The lowest BCUT2D eigenvalue weighted by molar-refractivity contribution is 0.0588. The van der Waals surface area contributed by atoms with Crippen molar-refractivity contribution in [3.05, 3.63) is 53.6 Å². The van der Waals surface area contributed by atoms with Gasteiger partial charge in [-0.05, 0) is 51.9 Å². The Morgan fingerprint density at radius 3 is 2.62 bits per heavy atom. The number of carbonyl (C=O) groups is 1. The molecule has 1 aromatic carbocycles. The maximum Gasteiger partial charge on any atom is 0.274 e. The third-order valence-electron chi connectivity index (χ3n) is 4.91. The lowest BCUT2D eigenvalue weighted by Gasteiger charge is -2.37. The van der Waals surface area contributed by atoms with E-state index < -0.39 is 0 Å². The second kappa shape index (κ2) is 7.62. The maximum atomic E-state index is 13.1. The fourth-order valence-electron chi connectivity index (χ4n) is 3.36. The van der Waals surface area contributed by atoms with Crippen molar-refractivity contribution in [1.29, 1.82) is 0 Å². The number of piperidine rings is 1. The smallest absolute Gasteiger partial charge is 0.274 e. The average Bonchev–Trinajstić information content (AvgIpc) is 3.03. The number of aromatic amines is 1. The molecule has 1 fully saturated rings. The number of hydrogen-bond acceptors (Lipinski definition) is 3. The van der Waals surface area contributed by atoms with E-state index >= 15 is 0 Å². The number of aromatic nitrogens is 2. The molecule has 5 heteroatoms. The van der Waals surface area contributed by atoms with Crippen LogP contribution in [0.25, 0.3) is 0 Å². The zero-order valence-electron chi connectivity index (χ0n) is 14.5. The van der Waals surface area contributed by atoms with Crippen LogP contribution in [0.5, 0.6) is 0 Å². The van der Waals surface area contributed by atoms with Crippen molar-refractivity contribution < 1.29 is 4.79 Å². The van der Waals surface area contributed by atoms with E-state index in [-0.39, 0.29) is 5.91 Å². The second-order valence-electron chi connectivity index (χ2n) is 6.64. The minimum atomic E-state index is 0.0548. The molecule has 1 saturated heterocycles. The summed E-state index contributed by atoms with van der Waals surface area (Å²) in [5.41, 5.74) is 2.67. The van der Waals surface area contributed by atoms with Gasteiger partial charge >= 0.3 is 0 Å². The number of likely N-dealkylation sites (tertiary alicyclic amines) is 1. The summed E-state index contributed by atoms with van der Waals surface area (Å²) in [4.78, 5) is 24.7. The molecule has 3 rings (SSSR count). The Kier molecular flexibility index (Phi) is 5.30. The van der Waals surface area contributed by atoms with E-state index in [1.807, 2.05) is 17.9 Å². The zero-order chi connectivity index (χ0) is 16.9.